The van der Waals surface area contributed by atoms with E-state index in [4.69, 9.17) is 16.3 Å². The van der Waals surface area contributed by atoms with Gasteiger partial charge in [-0.3, -0.25) is 14.4 Å². The van der Waals surface area contributed by atoms with Crippen molar-refractivity contribution in [2.24, 2.45) is 11.3 Å². The van der Waals surface area contributed by atoms with Crippen molar-refractivity contribution < 1.29 is 54.2 Å². The minimum absolute atomic E-state index is 0.00927. The molecular weight excluding hydrogens is 640 g/mol. The summed E-state index contributed by atoms with van der Waals surface area (Å²) in [6.07, 6.45) is -12.6. The minimum atomic E-state index is -4.79. The zero-order chi connectivity index (χ0) is 33.7. The van der Waals surface area contributed by atoms with E-state index in [0.717, 1.165) is 13.8 Å². The number of alkyl halides is 8. The predicted molar refractivity (Wildman–Crippen MR) is 148 cm³/mol. The Bertz CT molecular complexity index is 1390. The lowest BCUT2D eigenvalue weighted by atomic mass is 9.85. The molecule has 0 heterocycles. The second kappa shape index (κ2) is 14.3. The van der Waals surface area contributed by atoms with Gasteiger partial charge in [-0.1, -0.05) is 23.7 Å². The summed E-state index contributed by atoms with van der Waals surface area (Å²) in [5.74, 6) is -4.31. The van der Waals surface area contributed by atoms with Crippen LogP contribution in [0.5, 0.6) is 5.75 Å². The van der Waals surface area contributed by atoms with Gasteiger partial charge in [0, 0.05) is 24.6 Å². The SMILES string of the molecule is CC(C)(C(=O)NCc1ccc(Cl)c(C(=O)Cc2ccc(OCC(F)F)c(C(=O)NC3CCC(C(F)(F)F)CC3)c2)c1)C(F)(F)F. The number of halogens is 9. The lowest BCUT2D eigenvalue weighted by Crippen LogP contribution is -2.46. The monoisotopic (exact) mass is 670 g/mol. The van der Waals surface area contributed by atoms with Gasteiger partial charge in [0.25, 0.3) is 12.3 Å². The molecule has 2 N–H and O–H groups in total. The van der Waals surface area contributed by atoms with Crippen LogP contribution in [-0.2, 0) is 17.8 Å². The molecule has 1 aliphatic rings. The van der Waals surface area contributed by atoms with Gasteiger partial charge in [-0.25, -0.2) is 8.78 Å². The second-order valence-corrected chi connectivity index (χ2v) is 11.7. The largest absolute Gasteiger partial charge is 0.487 e. The average molecular weight is 671 g/mol. The molecule has 6 nitrogen and oxygen atoms in total. The van der Waals surface area contributed by atoms with Gasteiger partial charge in [0.05, 0.1) is 16.5 Å². The number of amides is 2. The Morgan fingerprint density at radius 1 is 0.911 bits per heavy atom. The number of nitrogens with one attached hydrogen (secondary N) is 2. The third kappa shape index (κ3) is 9.54. The molecule has 0 saturated heterocycles. The van der Waals surface area contributed by atoms with Crippen LogP contribution in [0.4, 0.5) is 35.1 Å². The van der Waals surface area contributed by atoms with Crippen molar-refractivity contribution in [1.82, 2.24) is 10.6 Å². The number of carbonyl (C=O) groups is 3. The van der Waals surface area contributed by atoms with Gasteiger partial charge >= 0.3 is 12.4 Å². The molecule has 0 aliphatic heterocycles. The van der Waals surface area contributed by atoms with E-state index >= 15 is 0 Å². The van der Waals surface area contributed by atoms with Crippen LogP contribution in [0.1, 0.15) is 71.4 Å². The molecule has 1 fully saturated rings. The summed E-state index contributed by atoms with van der Waals surface area (Å²) in [5.41, 5.74) is -2.35. The number of hydrogen-bond acceptors (Lipinski definition) is 4. The van der Waals surface area contributed by atoms with Crippen LogP contribution >= 0.6 is 11.6 Å². The number of ketones is 1. The van der Waals surface area contributed by atoms with Gasteiger partial charge in [0.2, 0.25) is 5.91 Å². The Balaban J connectivity index is 1.76. The van der Waals surface area contributed by atoms with E-state index in [9.17, 15) is 49.5 Å². The van der Waals surface area contributed by atoms with E-state index in [0.29, 0.717) is 0 Å². The first-order chi connectivity index (χ1) is 20.8. The Labute approximate surface area is 258 Å². The van der Waals surface area contributed by atoms with E-state index in [1.54, 1.807) is 0 Å². The summed E-state index contributed by atoms with van der Waals surface area (Å²) in [6, 6.07) is 7.28. The van der Waals surface area contributed by atoms with Crippen LogP contribution in [0.3, 0.4) is 0 Å². The third-order valence-corrected chi connectivity index (χ3v) is 7.93. The maximum absolute atomic E-state index is 13.2. The molecule has 2 amide bonds. The van der Waals surface area contributed by atoms with E-state index in [-0.39, 0.29) is 71.7 Å². The molecule has 0 unspecified atom stereocenters. The van der Waals surface area contributed by atoms with E-state index in [1.807, 2.05) is 0 Å². The molecule has 3 rings (SSSR count). The summed E-state index contributed by atoms with van der Waals surface area (Å²) in [5, 5.41) is 4.82. The molecule has 248 valence electrons. The summed E-state index contributed by atoms with van der Waals surface area (Å²) >= 11 is 6.19. The molecule has 15 heteroatoms. The van der Waals surface area contributed by atoms with Crippen molar-refractivity contribution in [3.8, 4) is 5.75 Å². The molecule has 0 atom stereocenters. The molecule has 2 aromatic carbocycles. The summed E-state index contributed by atoms with van der Waals surface area (Å²) in [7, 11) is 0. The minimum Gasteiger partial charge on any atom is -0.487 e. The number of carbonyl (C=O) groups excluding carboxylic acids is 3. The zero-order valence-corrected chi connectivity index (χ0v) is 24.9. The van der Waals surface area contributed by atoms with Crippen LogP contribution < -0.4 is 15.4 Å². The van der Waals surface area contributed by atoms with E-state index in [1.165, 1.54) is 36.4 Å². The van der Waals surface area contributed by atoms with Crippen molar-refractivity contribution in [3.63, 3.8) is 0 Å². The van der Waals surface area contributed by atoms with Crippen molar-refractivity contribution >= 4 is 29.2 Å². The van der Waals surface area contributed by atoms with Crippen LogP contribution in [0.15, 0.2) is 36.4 Å². The fourth-order valence-electron chi connectivity index (χ4n) is 4.68. The normalized spacial score (nSPS) is 17.6. The van der Waals surface area contributed by atoms with Crippen molar-refractivity contribution in [2.45, 2.75) is 77.3 Å². The average Bonchev–Trinajstić information content (AvgIpc) is 2.94. The maximum Gasteiger partial charge on any atom is 0.402 e. The van der Waals surface area contributed by atoms with Gasteiger partial charge in [0.1, 0.15) is 17.8 Å². The summed E-state index contributed by atoms with van der Waals surface area (Å²) in [6.45, 7) is 0.0984. The number of Topliss-reactive ketones (excluding diaryl/α,β-unsaturated/α-hetero) is 1. The highest BCUT2D eigenvalue weighted by Crippen LogP contribution is 2.38. The molecule has 0 bridgehead atoms. The second-order valence-electron chi connectivity index (χ2n) is 11.3. The fraction of sp³-hybridized carbons (Fsp3) is 0.500. The Morgan fingerprint density at radius 3 is 2.09 bits per heavy atom. The molecule has 1 saturated carbocycles. The molecule has 45 heavy (non-hydrogen) atoms. The highest BCUT2D eigenvalue weighted by Gasteiger charge is 2.52. The Morgan fingerprint density at radius 2 is 1.51 bits per heavy atom. The predicted octanol–water partition coefficient (Wildman–Crippen LogP) is 7.46. The highest BCUT2D eigenvalue weighted by molar-refractivity contribution is 6.34. The number of benzene rings is 2. The first kappa shape index (κ1) is 36.1. The lowest BCUT2D eigenvalue weighted by Gasteiger charge is -2.30. The van der Waals surface area contributed by atoms with Crippen LogP contribution in [-0.4, -0.2) is 49.0 Å². The lowest BCUT2D eigenvalue weighted by molar-refractivity contribution is -0.211. The number of rotatable bonds is 11. The van der Waals surface area contributed by atoms with Gasteiger partial charge in [-0.15, -0.1) is 0 Å². The topological polar surface area (TPSA) is 84.5 Å². The maximum atomic E-state index is 13.2. The molecule has 0 aromatic heterocycles. The van der Waals surface area contributed by atoms with Crippen LogP contribution in [0, 0.1) is 11.3 Å². The van der Waals surface area contributed by atoms with Crippen LogP contribution in [0.2, 0.25) is 5.02 Å². The van der Waals surface area contributed by atoms with Crippen molar-refractivity contribution in [3.05, 3.63) is 63.7 Å². The fourth-order valence-corrected chi connectivity index (χ4v) is 4.90. The Hall–Kier alpha value is -3.42. The van der Waals surface area contributed by atoms with E-state index in [2.05, 4.69) is 10.6 Å². The van der Waals surface area contributed by atoms with E-state index < -0.39 is 60.4 Å². The van der Waals surface area contributed by atoms with Crippen molar-refractivity contribution in [2.75, 3.05) is 6.61 Å². The molecule has 0 spiro atoms. The number of ether oxygens (including phenoxy) is 1. The Kier molecular flexibility index (Phi) is 11.5. The highest BCUT2D eigenvalue weighted by atomic mass is 35.5. The first-order valence-corrected chi connectivity index (χ1v) is 14.3. The quantitative estimate of drug-likeness (QED) is 0.192. The van der Waals surface area contributed by atoms with Gasteiger partial charge < -0.3 is 15.4 Å². The molecule has 1 aliphatic carbocycles. The third-order valence-electron chi connectivity index (χ3n) is 7.60. The van der Waals surface area contributed by atoms with Gasteiger partial charge in [0.15, 0.2) is 5.78 Å². The summed E-state index contributed by atoms with van der Waals surface area (Å²) < 4.78 is 109. The smallest absolute Gasteiger partial charge is 0.402 e. The first-order valence-electron chi connectivity index (χ1n) is 13.9. The van der Waals surface area contributed by atoms with Crippen LogP contribution in [0.25, 0.3) is 0 Å². The summed E-state index contributed by atoms with van der Waals surface area (Å²) in [4.78, 5) is 38.4. The van der Waals surface area contributed by atoms with Gasteiger partial charge in [-0.05, 0) is 74.9 Å². The molecular formula is C30H31ClF8N2O4. The molecule has 0 radical (unpaired) electrons. The molecule has 2 aromatic rings. The number of hydrogen-bond donors (Lipinski definition) is 2. The standard InChI is InChI=1S/C30H31ClF8N2O4/c1-28(2,30(37,38)39)27(44)40-14-17-3-9-22(31)20(12-17)23(42)13-16-4-10-24(45-15-25(32)33)21(11-16)26(43)41-19-7-5-18(6-8-19)29(34,35)36/h3-4,9-12,18-19,25H,5-8,13-15H2,1-2H3,(H,40,44)(H,41,43). The zero-order valence-electron chi connectivity index (χ0n) is 24.2. The van der Waals surface area contributed by atoms with Crippen molar-refractivity contribution in [1.29, 1.82) is 0 Å². The van der Waals surface area contributed by atoms with Gasteiger partial charge in [-0.2, -0.15) is 26.3 Å².